The highest BCUT2D eigenvalue weighted by Crippen LogP contribution is 2.34. The fourth-order valence-corrected chi connectivity index (χ4v) is 2.91. The van der Waals surface area contributed by atoms with Gasteiger partial charge in [-0.15, -0.1) is 6.58 Å². The number of methoxy groups -OCH3 is 1. The summed E-state index contributed by atoms with van der Waals surface area (Å²) in [7, 11) is 1.59. The Morgan fingerprint density at radius 1 is 1.30 bits per heavy atom. The summed E-state index contributed by atoms with van der Waals surface area (Å²) in [5, 5.41) is 3.38. The molecule has 1 fully saturated rings. The van der Waals surface area contributed by atoms with Crippen molar-refractivity contribution in [3.63, 3.8) is 0 Å². The van der Waals surface area contributed by atoms with Gasteiger partial charge in [0.25, 0.3) is 0 Å². The molecule has 1 aromatic carbocycles. The largest absolute Gasteiger partial charge is 0.493 e. The number of ether oxygens (including phenoxy) is 2. The first-order valence-electron chi connectivity index (χ1n) is 7.96. The number of carbonyl (C=O) groups excluding carboxylic acids is 1. The molecule has 0 spiro atoms. The Bertz CT molecular complexity index is 565. The van der Waals surface area contributed by atoms with Gasteiger partial charge in [0.05, 0.1) is 7.11 Å². The average molecular weight is 318 g/mol. The van der Waals surface area contributed by atoms with Gasteiger partial charge in [-0.05, 0) is 31.0 Å². The summed E-state index contributed by atoms with van der Waals surface area (Å²) >= 11 is 0. The van der Waals surface area contributed by atoms with Crippen LogP contribution in [0, 0.1) is 0 Å². The molecule has 1 aliphatic rings. The molecule has 126 valence electrons. The van der Waals surface area contributed by atoms with Crippen molar-refractivity contribution in [3.05, 3.63) is 35.9 Å². The van der Waals surface area contributed by atoms with Gasteiger partial charge in [0.1, 0.15) is 0 Å². The van der Waals surface area contributed by atoms with Crippen molar-refractivity contribution < 1.29 is 14.3 Å². The molecule has 0 unspecified atom stereocenters. The second kappa shape index (κ2) is 8.13. The third-order valence-corrected chi connectivity index (χ3v) is 3.96. The predicted octanol–water partition coefficient (Wildman–Crippen LogP) is 2.53. The van der Waals surface area contributed by atoms with E-state index in [1.807, 2.05) is 18.2 Å². The van der Waals surface area contributed by atoms with Crippen molar-refractivity contribution in [1.29, 1.82) is 0 Å². The lowest BCUT2D eigenvalue weighted by molar-refractivity contribution is -0.132. The number of esters is 1. The Kier molecular flexibility index (Phi) is 6.19. The lowest BCUT2D eigenvalue weighted by Crippen LogP contribution is -2.45. The molecular weight excluding hydrogens is 292 g/mol. The summed E-state index contributed by atoms with van der Waals surface area (Å²) in [4.78, 5) is 13.7. The molecule has 0 radical (unpaired) electrons. The molecule has 1 saturated heterocycles. The van der Waals surface area contributed by atoms with Crippen LogP contribution in [0.2, 0.25) is 0 Å². The number of hydrogen-bond donors (Lipinski definition) is 1. The number of rotatable bonds is 6. The third kappa shape index (κ3) is 4.81. The first-order chi connectivity index (χ1) is 11.0. The summed E-state index contributed by atoms with van der Waals surface area (Å²) in [5.41, 5.74) is 2.30. The topological polar surface area (TPSA) is 50.8 Å². The monoisotopic (exact) mass is 318 g/mol. The third-order valence-electron chi connectivity index (χ3n) is 3.96. The fourth-order valence-electron chi connectivity index (χ4n) is 2.91. The van der Waals surface area contributed by atoms with Gasteiger partial charge in [0.2, 0.25) is 0 Å². The van der Waals surface area contributed by atoms with Crippen LogP contribution in [0.4, 0.5) is 0 Å². The van der Waals surface area contributed by atoms with E-state index in [9.17, 15) is 4.79 Å². The number of piperazine rings is 1. The molecule has 0 bridgehead atoms. The van der Waals surface area contributed by atoms with Gasteiger partial charge in [-0.2, -0.15) is 0 Å². The number of benzene rings is 1. The molecule has 1 aromatic rings. The Balaban J connectivity index is 2.29. The molecule has 0 aromatic heterocycles. The lowest BCUT2D eigenvalue weighted by Gasteiger charge is -2.35. The summed E-state index contributed by atoms with van der Waals surface area (Å²) in [6, 6.07) is 6.04. The van der Waals surface area contributed by atoms with E-state index in [1.165, 1.54) is 6.92 Å². The van der Waals surface area contributed by atoms with Crippen molar-refractivity contribution >= 4 is 5.97 Å². The maximum atomic E-state index is 11.2. The number of hydrogen-bond acceptors (Lipinski definition) is 5. The lowest BCUT2D eigenvalue weighted by atomic mass is 9.97. The molecule has 5 nitrogen and oxygen atoms in total. The Morgan fingerprint density at radius 2 is 2.00 bits per heavy atom. The van der Waals surface area contributed by atoms with Crippen LogP contribution in [0.15, 0.2) is 30.4 Å². The van der Waals surface area contributed by atoms with Gasteiger partial charge < -0.3 is 14.8 Å². The zero-order chi connectivity index (χ0) is 16.8. The van der Waals surface area contributed by atoms with E-state index in [-0.39, 0.29) is 12.0 Å². The first-order valence-corrected chi connectivity index (χ1v) is 7.96. The van der Waals surface area contributed by atoms with E-state index in [4.69, 9.17) is 9.47 Å². The van der Waals surface area contributed by atoms with Crippen molar-refractivity contribution in [3.8, 4) is 11.5 Å². The summed E-state index contributed by atoms with van der Waals surface area (Å²) < 4.78 is 10.6. The van der Waals surface area contributed by atoms with Gasteiger partial charge in [0.15, 0.2) is 11.5 Å². The van der Waals surface area contributed by atoms with Gasteiger partial charge in [-0.1, -0.05) is 11.6 Å². The molecule has 1 N–H and O–H groups in total. The molecule has 0 saturated carbocycles. The fraction of sp³-hybridized carbons (Fsp3) is 0.500. The minimum absolute atomic E-state index is 0.259. The number of nitrogens with zero attached hydrogens (tertiary/aromatic N) is 1. The van der Waals surface area contributed by atoms with E-state index in [1.54, 1.807) is 7.11 Å². The molecule has 23 heavy (non-hydrogen) atoms. The summed E-state index contributed by atoms with van der Waals surface area (Å²) in [6.07, 6.45) is 0.899. The van der Waals surface area contributed by atoms with E-state index in [0.717, 1.165) is 43.7 Å². The van der Waals surface area contributed by atoms with Gasteiger partial charge in [-0.3, -0.25) is 9.69 Å². The van der Waals surface area contributed by atoms with Crippen molar-refractivity contribution in [1.82, 2.24) is 10.2 Å². The highest BCUT2D eigenvalue weighted by atomic mass is 16.6. The van der Waals surface area contributed by atoms with E-state index >= 15 is 0 Å². The molecule has 2 rings (SSSR count). The second-order valence-corrected chi connectivity index (χ2v) is 5.97. The quantitative estimate of drug-likeness (QED) is 0.496. The molecule has 5 heteroatoms. The van der Waals surface area contributed by atoms with Crippen LogP contribution in [0.5, 0.6) is 11.5 Å². The van der Waals surface area contributed by atoms with E-state index < -0.39 is 0 Å². The van der Waals surface area contributed by atoms with E-state index in [0.29, 0.717) is 11.5 Å². The van der Waals surface area contributed by atoms with Gasteiger partial charge >= 0.3 is 5.97 Å². The standard InChI is InChI=1S/C18H26N2O3/c1-13(2)11-16(20-9-7-19-8-10-20)15-5-6-17(23-14(3)21)18(12-15)22-4/h5-6,12,16,19H,1,7-11H2,2-4H3/t16-/m1/s1. The summed E-state index contributed by atoms with van der Waals surface area (Å²) in [5.74, 6) is 0.689. The molecule has 0 amide bonds. The molecule has 1 atom stereocenters. The maximum absolute atomic E-state index is 11.2. The molecular formula is C18H26N2O3. The number of nitrogens with one attached hydrogen (secondary N) is 1. The van der Waals surface area contributed by atoms with Crippen LogP contribution in [0.1, 0.15) is 31.9 Å². The van der Waals surface area contributed by atoms with Gasteiger partial charge in [-0.25, -0.2) is 0 Å². The highest BCUT2D eigenvalue weighted by molar-refractivity contribution is 5.70. The minimum Gasteiger partial charge on any atom is -0.493 e. The maximum Gasteiger partial charge on any atom is 0.308 e. The van der Waals surface area contributed by atoms with Crippen LogP contribution in [-0.2, 0) is 4.79 Å². The molecule has 1 heterocycles. The predicted molar refractivity (Wildman–Crippen MR) is 90.9 cm³/mol. The zero-order valence-corrected chi connectivity index (χ0v) is 14.2. The second-order valence-electron chi connectivity index (χ2n) is 5.97. The smallest absolute Gasteiger partial charge is 0.308 e. The van der Waals surface area contributed by atoms with Gasteiger partial charge in [0, 0.05) is 39.1 Å². The molecule has 1 aliphatic heterocycles. The summed E-state index contributed by atoms with van der Waals surface area (Å²) in [6.45, 7) is 11.5. The minimum atomic E-state index is -0.350. The van der Waals surface area contributed by atoms with Crippen LogP contribution in [0.25, 0.3) is 0 Å². The van der Waals surface area contributed by atoms with Crippen molar-refractivity contribution in [2.24, 2.45) is 0 Å². The highest BCUT2D eigenvalue weighted by Gasteiger charge is 2.23. The van der Waals surface area contributed by atoms with Crippen molar-refractivity contribution in [2.75, 3.05) is 33.3 Å². The van der Waals surface area contributed by atoms with Crippen molar-refractivity contribution in [2.45, 2.75) is 26.3 Å². The Labute approximate surface area is 138 Å². The van der Waals surface area contributed by atoms with Crippen LogP contribution in [0.3, 0.4) is 0 Å². The Hall–Kier alpha value is -1.85. The van der Waals surface area contributed by atoms with Crippen LogP contribution in [-0.4, -0.2) is 44.2 Å². The molecule has 0 aliphatic carbocycles. The normalized spacial score (nSPS) is 16.7. The van der Waals surface area contributed by atoms with Crippen LogP contribution >= 0.6 is 0 Å². The number of carbonyl (C=O) groups is 1. The average Bonchev–Trinajstić information content (AvgIpc) is 2.53. The Morgan fingerprint density at radius 3 is 2.57 bits per heavy atom. The first kappa shape index (κ1) is 17.5. The van der Waals surface area contributed by atoms with E-state index in [2.05, 4.69) is 23.7 Å². The SMILES string of the molecule is C=C(C)C[C@H](c1ccc(OC(C)=O)c(OC)c1)N1CCNCC1. The zero-order valence-electron chi connectivity index (χ0n) is 14.2. The van der Waals surface area contributed by atoms with Crippen LogP contribution < -0.4 is 14.8 Å².